The minimum atomic E-state index is 0.0899. The summed E-state index contributed by atoms with van der Waals surface area (Å²) in [5.74, 6) is 12.2. The minimum absolute atomic E-state index is 0.0899. The van der Waals surface area contributed by atoms with E-state index in [1.165, 1.54) is 64.5 Å². The number of morpholine rings is 1. The SMILES string of the molecule is CCCN(C)c1cccc2c(N3CCC(c4ccccc4OC)CC3)nc(C3CC3)nc12.COc1ccccc1C1CCN(c2nc(C3CC3)nc3c(Cl)cc(N(C)CCO)cc23)CC1.COc1ccccc1C1CCN(c2nc(C3CC3)nc3c(N(C)CCN4CCOCC4)cccc23)CC1. The molecule has 7 fully saturated rings. The predicted octanol–water partition coefficient (Wildman–Crippen LogP) is 15.4. The first-order chi connectivity index (χ1) is 50.0. The Balaban J connectivity index is 0.000000130. The van der Waals surface area contributed by atoms with E-state index in [9.17, 15) is 5.11 Å². The number of nitrogens with zero attached hydrogens (tertiary/aromatic N) is 13. The van der Waals surface area contributed by atoms with Crippen molar-refractivity contribution in [1.82, 2.24) is 34.8 Å². The first kappa shape index (κ1) is 70.7. The minimum Gasteiger partial charge on any atom is -0.496 e. The third-order valence-electron chi connectivity index (χ3n) is 22.2. The van der Waals surface area contributed by atoms with Crippen LogP contribution in [0.15, 0.2) is 121 Å². The zero-order valence-electron chi connectivity index (χ0n) is 61.1. The first-order valence-corrected chi connectivity index (χ1v) is 38.2. The number of hydrogen-bond acceptors (Lipinski definition) is 18. The van der Waals surface area contributed by atoms with E-state index in [0.29, 0.717) is 47.1 Å². The smallest absolute Gasteiger partial charge is 0.140 e. The molecule has 0 amide bonds. The Kier molecular flexibility index (Phi) is 22.6. The van der Waals surface area contributed by atoms with E-state index in [-0.39, 0.29) is 6.61 Å². The maximum atomic E-state index is 9.38. The van der Waals surface area contributed by atoms with Crippen LogP contribution in [-0.2, 0) is 4.74 Å². The second-order valence-corrected chi connectivity index (χ2v) is 29.6. The van der Waals surface area contributed by atoms with E-state index in [1.54, 1.807) is 21.3 Å². The van der Waals surface area contributed by atoms with Crippen molar-refractivity contribution >= 4 is 78.8 Å². The van der Waals surface area contributed by atoms with Crippen LogP contribution in [0, 0.1) is 0 Å². The van der Waals surface area contributed by atoms with Gasteiger partial charge in [-0.15, -0.1) is 0 Å². The Morgan fingerprint density at radius 2 is 0.824 bits per heavy atom. The molecule has 16 rings (SSSR count). The number of aromatic nitrogens is 6. The van der Waals surface area contributed by atoms with Crippen molar-refractivity contribution in [3.8, 4) is 17.2 Å². The lowest BCUT2D eigenvalue weighted by molar-refractivity contribution is 0.0393. The maximum Gasteiger partial charge on any atom is 0.140 e. The molecular weight excluding hydrogens is 1290 g/mol. The molecule has 0 atom stereocenters. The standard InChI is InChI=1S/C30H39N5O2.C27H34N4O.C26H31ClN4O2/c1-33(16-17-34-18-20-37-21-19-34)26-8-5-7-25-28(26)31-29(23-10-11-23)32-30(25)35-14-12-22(13-15-35)24-6-3-4-9-27(24)36-2;1-4-16-30(2)23-10-7-9-22-25(23)28-26(20-12-13-20)29-27(22)31-17-14-19(15-18-31)21-8-5-6-11-24(21)32-3;1-30(13-14-32)19-15-21-24(22(27)16-19)28-25(18-7-8-18)29-26(21)31-11-9-17(10-12-31)20-5-3-4-6-23(20)33-2/h3-9,22-23H,10-21H2,1-2H3;5-11,19-20H,4,12-18H2,1-3H3;3-6,15-18,32H,7-14H2,1-2H3. The second kappa shape index (κ2) is 32.6. The molecule has 7 heterocycles. The molecule has 7 aliphatic rings. The molecular formula is C83H104ClN13O5. The Morgan fingerprint density at radius 1 is 0.431 bits per heavy atom. The molecule has 3 aliphatic carbocycles. The van der Waals surface area contributed by atoms with Crippen LogP contribution in [0.25, 0.3) is 32.7 Å². The van der Waals surface area contributed by atoms with Gasteiger partial charge in [-0.2, -0.15) is 0 Å². The molecule has 0 unspecified atom stereocenters. The number of para-hydroxylation sites is 5. The van der Waals surface area contributed by atoms with Gasteiger partial charge in [0.25, 0.3) is 0 Å². The fraction of sp³-hybridized carbons (Fsp3) is 0.494. The highest BCUT2D eigenvalue weighted by molar-refractivity contribution is 6.35. The van der Waals surface area contributed by atoms with Crippen LogP contribution in [0.4, 0.5) is 34.5 Å². The van der Waals surface area contributed by atoms with Crippen molar-refractivity contribution in [3.63, 3.8) is 0 Å². The van der Waals surface area contributed by atoms with Crippen LogP contribution in [0.5, 0.6) is 17.2 Å². The van der Waals surface area contributed by atoms with Gasteiger partial charge in [0.15, 0.2) is 0 Å². The molecule has 18 nitrogen and oxygen atoms in total. The summed E-state index contributed by atoms with van der Waals surface area (Å²) in [5, 5.41) is 13.4. The number of rotatable bonds is 22. The quantitative estimate of drug-likeness (QED) is 0.0683. The zero-order valence-corrected chi connectivity index (χ0v) is 61.8. The van der Waals surface area contributed by atoms with Crippen molar-refractivity contribution in [2.75, 3.05) is 170 Å². The van der Waals surface area contributed by atoms with Crippen molar-refractivity contribution in [2.45, 2.75) is 126 Å². The molecule has 6 aromatic carbocycles. The Labute approximate surface area is 608 Å². The van der Waals surface area contributed by atoms with E-state index in [1.807, 2.05) is 30.1 Å². The molecule has 9 aromatic rings. The topological polar surface area (TPSA) is 157 Å². The third kappa shape index (κ3) is 16.1. The van der Waals surface area contributed by atoms with E-state index in [4.69, 9.17) is 60.5 Å². The highest BCUT2D eigenvalue weighted by atomic mass is 35.5. The molecule has 0 bridgehead atoms. The van der Waals surface area contributed by atoms with Gasteiger partial charge in [0.05, 0.1) is 74.1 Å². The number of likely N-dealkylation sites (N-methyl/N-ethyl adjacent to an activating group) is 2. The van der Waals surface area contributed by atoms with Gasteiger partial charge in [-0.25, -0.2) is 29.9 Å². The summed E-state index contributed by atoms with van der Waals surface area (Å²) in [7, 11) is 11.6. The first-order valence-electron chi connectivity index (χ1n) is 37.8. The lowest BCUT2D eigenvalue weighted by Gasteiger charge is -2.34. The van der Waals surface area contributed by atoms with Crippen molar-refractivity contribution in [2.24, 2.45) is 0 Å². The van der Waals surface area contributed by atoms with E-state index in [2.05, 4.69) is 154 Å². The van der Waals surface area contributed by atoms with Crippen LogP contribution in [0.1, 0.15) is 160 Å². The Morgan fingerprint density at radius 3 is 1.22 bits per heavy atom. The third-order valence-corrected chi connectivity index (χ3v) is 22.5. The molecule has 1 N–H and O–H groups in total. The highest BCUT2D eigenvalue weighted by Gasteiger charge is 2.35. The summed E-state index contributed by atoms with van der Waals surface area (Å²) in [6.45, 7) is 15.5. The molecule has 19 heteroatoms. The van der Waals surface area contributed by atoms with Gasteiger partial charge < -0.3 is 53.5 Å². The van der Waals surface area contributed by atoms with Gasteiger partial charge >= 0.3 is 0 Å². The Bertz CT molecular complexity index is 4310. The number of aliphatic hydroxyl groups is 1. The Hall–Kier alpha value is -8.29. The molecule has 0 radical (unpaired) electrons. The van der Waals surface area contributed by atoms with Crippen LogP contribution in [0.3, 0.4) is 0 Å². The summed E-state index contributed by atoms with van der Waals surface area (Å²) in [5.41, 5.74) is 10.4. The molecule has 538 valence electrons. The van der Waals surface area contributed by atoms with Crippen molar-refractivity contribution in [1.29, 1.82) is 0 Å². The molecule has 102 heavy (non-hydrogen) atoms. The van der Waals surface area contributed by atoms with E-state index < -0.39 is 0 Å². The van der Waals surface area contributed by atoms with Gasteiger partial charge in [0.2, 0.25) is 0 Å². The maximum absolute atomic E-state index is 9.38. The van der Waals surface area contributed by atoms with Crippen molar-refractivity contribution in [3.05, 3.63) is 161 Å². The number of anilines is 6. The molecule has 3 saturated carbocycles. The lowest BCUT2D eigenvalue weighted by atomic mass is 9.88. The summed E-state index contributed by atoms with van der Waals surface area (Å²) >= 11 is 6.74. The molecule has 4 aliphatic heterocycles. The largest absolute Gasteiger partial charge is 0.496 e. The summed E-state index contributed by atoms with van der Waals surface area (Å²) in [4.78, 5) is 47.1. The van der Waals surface area contributed by atoms with Gasteiger partial charge in [-0.1, -0.05) is 85.3 Å². The number of halogens is 1. The second-order valence-electron chi connectivity index (χ2n) is 29.2. The summed E-state index contributed by atoms with van der Waals surface area (Å²) in [6.07, 6.45) is 14.8. The summed E-state index contributed by atoms with van der Waals surface area (Å²) < 4.78 is 22.4. The van der Waals surface area contributed by atoms with E-state index >= 15 is 0 Å². The van der Waals surface area contributed by atoms with Crippen LogP contribution < -0.4 is 43.6 Å². The van der Waals surface area contributed by atoms with Crippen LogP contribution in [-0.4, -0.2) is 181 Å². The van der Waals surface area contributed by atoms with Gasteiger partial charge in [-0.3, -0.25) is 4.90 Å². The molecule has 4 saturated heterocycles. The van der Waals surface area contributed by atoms with Gasteiger partial charge in [-0.05, 0) is 173 Å². The molecule has 3 aromatic heterocycles. The lowest BCUT2D eigenvalue weighted by Crippen LogP contribution is -2.40. The van der Waals surface area contributed by atoms with Crippen molar-refractivity contribution < 1.29 is 24.1 Å². The van der Waals surface area contributed by atoms with E-state index in [0.717, 1.165) is 223 Å². The van der Waals surface area contributed by atoms with Crippen LogP contribution in [0.2, 0.25) is 5.02 Å². The zero-order chi connectivity index (χ0) is 70.2. The summed E-state index contributed by atoms with van der Waals surface area (Å²) in [6, 6.07) is 42.6. The highest BCUT2D eigenvalue weighted by Crippen LogP contribution is 2.47. The number of ether oxygens (including phenoxy) is 4. The number of piperidine rings is 3. The average Bonchev–Trinajstić information content (AvgIpc) is 1.54. The monoisotopic (exact) mass is 1400 g/mol. The van der Waals surface area contributed by atoms with Crippen LogP contribution >= 0.6 is 11.6 Å². The molecule has 0 spiro atoms. The van der Waals surface area contributed by atoms with Gasteiger partial charge in [0.1, 0.15) is 52.2 Å². The predicted molar refractivity (Wildman–Crippen MR) is 416 cm³/mol. The van der Waals surface area contributed by atoms with Gasteiger partial charge in [0, 0.05) is 139 Å². The number of fused-ring (bicyclic) bond motifs is 3. The fourth-order valence-electron chi connectivity index (χ4n) is 15.8. The number of hydrogen-bond donors (Lipinski definition) is 1. The number of aliphatic hydroxyl groups excluding tert-OH is 1. The normalized spacial score (nSPS) is 17.8. The number of methoxy groups -OCH3 is 3. The number of benzene rings is 6. The fourth-order valence-corrected chi connectivity index (χ4v) is 16.0. The average molecular weight is 1400 g/mol.